The van der Waals surface area contributed by atoms with Gasteiger partial charge in [0, 0.05) is 12.8 Å². The summed E-state index contributed by atoms with van der Waals surface area (Å²) in [6, 6.07) is 0. The number of phosphoric acid groups is 1. The van der Waals surface area contributed by atoms with Crippen LogP contribution in [0.3, 0.4) is 0 Å². The fraction of sp³-hybridized carbons (Fsp3) is 0.714. The predicted molar refractivity (Wildman–Crippen MR) is 406 cm³/mol. The highest BCUT2D eigenvalue weighted by Gasteiger charge is 2.22. The van der Waals surface area contributed by atoms with Gasteiger partial charge in [-0.05, 0) is 116 Å². The molecule has 540 valence electrons. The van der Waals surface area contributed by atoms with E-state index in [-0.39, 0.29) is 32.0 Å². The van der Waals surface area contributed by atoms with E-state index in [1.54, 1.807) is 0 Å². The molecule has 0 rings (SSSR count). The van der Waals surface area contributed by atoms with Crippen molar-refractivity contribution in [3.63, 3.8) is 0 Å². The molecule has 94 heavy (non-hydrogen) atoms. The lowest BCUT2D eigenvalue weighted by atomic mass is 10.0. The fourth-order valence-electron chi connectivity index (χ4n) is 10.7. The van der Waals surface area contributed by atoms with Gasteiger partial charge in [-0.3, -0.25) is 14.2 Å². The van der Waals surface area contributed by atoms with Crippen LogP contribution in [-0.4, -0.2) is 70.0 Å². The van der Waals surface area contributed by atoms with Crippen LogP contribution in [0.2, 0.25) is 0 Å². The molecule has 0 N–H and O–H groups in total. The van der Waals surface area contributed by atoms with Gasteiger partial charge in [0.05, 0.1) is 27.7 Å². The van der Waals surface area contributed by atoms with Crippen molar-refractivity contribution in [2.24, 2.45) is 0 Å². The van der Waals surface area contributed by atoms with Gasteiger partial charge in [-0.15, -0.1) is 0 Å². The third kappa shape index (κ3) is 77.2. The first-order valence-electron chi connectivity index (χ1n) is 38.9. The van der Waals surface area contributed by atoms with Crippen molar-refractivity contribution >= 4 is 19.8 Å². The van der Waals surface area contributed by atoms with Crippen molar-refractivity contribution in [1.29, 1.82) is 0 Å². The van der Waals surface area contributed by atoms with Crippen molar-refractivity contribution in [2.45, 2.75) is 341 Å². The molecule has 2 atom stereocenters. The molecule has 0 amide bonds. The van der Waals surface area contributed by atoms with Gasteiger partial charge in [-0.2, -0.15) is 0 Å². The van der Waals surface area contributed by atoms with Crippen LogP contribution < -0.4 is 4.89 Å². The highest BCUT2D eigenvalue weighted by Crippen LogP contribution is 2.38. The standard InChI is InChI=1S/C84H146NO8P/c1-6-8-10-12-14-16-18-20-22-24-26-28-30-32-34-36-38-40-41-42-43-45-46-48-50-52-54-56-58-60-62-64-66-68-70-72-74-76-83(86)90-80-82(81-92-94(88,89)91-79-78-85(3,4)5)93-84(87)77-75-73-71-69-67-65-63-61-59-57-55-53-51-49-47-44-39-37-35-33-31-29-27-25-23-21-19-17-15-13-11-9-7-2/h9,11,15,17-18,20-21,23-24,26-27,29,33,35,39,44,49,51,55,57,61,63,82H,6-8,10,12-14,16,19,22,25,28,30-32,34,36-38,40-43,45-48,50,52-54,56,58-60,62,64-81H2,1-5H3/b11-9-,17-15-,20-18-,23-21-,26-24-,29-27-,35-33-,44-39-,51-49-,57-55-,63-61-. The minimum absolute atomic E-state index is 0.0401. The number of hydrogen-bond acceptors (Lipinski definition) is 8. The number of nitrogens with zero attached hydrogens (tertiary/aromatic N) is 1. The third-order valence-electron chi connectivity index (χ3n) is 16.7. The van der Waals surface area contributed by atoms with Gasteiger partial charge in [0.1, 0.15) is 19.8 Å². The molecule has 10 heteroatoms. The molecule has 0 heterocycles. The Labute approximate surface area is 581 Å². The molecular weight excluding hydrogens is 1180 g/mol. The summed E-state index contributed by atoms with van der Waals surface area (Å²) in [6.45, 7) is 4.11. The number of carbonyl (C=O) groups is 2. The molecule has 0 saturated heterocycles. The quantitative estimate of drug-likeness (QED) is 0.0195. The van der Waals surface area contributed by atoms with Gasteiger partial charge in [-0.25, -0.2) is 0 Å². The lowest BCUT2D eigenvalue weighted by Gasteiger charge is -2.28. The number of allylic oxidation sites excluding steroid dienone is 22. The molecule has 0 bridgehead atoms. The number of hydrogen-bond donors (Lipinski definition) is 0. The van der Waals surface area contributed by atoms with E-state index in [2.05, 4.69) is 148 Å². The number of likely N-dealkylation sites (N-methyl/N-ethyl adjacent to an activating group) is 1. The number of phosphoric ester groups is 1. The van der Waals surface area contributed by atoms with Crippen LogP contribution in [0.1, 0.15) is 335 Å². The van der Waals surface area contributed by atoms with E-state index >= 15 is 0 Å². The van der Waals surface area contributed by atoms with Gasteiger partial charge in [0.2, 0.25) is 0 Å². The molecule has 0 saturated carbocycles. The Morgan fingerprint density at radius 3 is 0.904 bits per heavy atom. The third-order valence-corrected chi connectivity index (χ3v) is 17.6. The molecule has 0 aromatic rings. The molecule has 9 nitrogen and oxygen atoms in total. The normalized spacial score (nSPS) is 13.8. The zero-order valence-electron chi connectivity index (χ0n) is 61.6. The Morgan fingerprint density at radius 2 is 0.606 bits per heavy atom. The second kappa shape index (κ2) is 73.4. The molecule has 0 aromatic heterocycles. The molecule has 0 spiro atoms. The number of ether oxygens (including phenoxy) is 2. The summed E-state index contributed by atoms with van der Waals surface area (Å²) < 4.78 is 34.4. The first kappa shape index (κ1) is 90.2. The van der Waals surface area contributed by atoms with Crippen LogP contribution in [0.5, 0.6) is 0 Å². The summed E-state index contributed by atoms with van der Waals surface area (Å²) in [5.74, 6) is -0.852. The van der Waals surface area contributed by atoms with Crippen molar-refractivity contribution in [2.75, 3.05) is 47.5 Å². The van der Waals surface area contributed by atoms with Gasteiger partial charge in [-0.1, -0.05) is 340 Å². The number of rotatable bonds is 71. The van der Waals surface area contributed by atoms with Gasteiger partial charge >= 0.3 is 11.9 Å². The second-order valence-corrected chi connectivity index (χ2v) is 28.4. The van der Waals surface area contributed by atoms with Gasteiger partial charge < -0.3 is 27.9 Å². The SMILES string of the molecule is CC/C=C\C/C=C\C/C=C\C/C=C\C/C=C\C/C=C\C/C=C\C/C=C\C/C=C\CCCCCCCC(=O)OC(COC(=O)CCCCCCCCCCCCCCCCCCCCCCCCCCC/C=C\C/C=C\CCCCCCC)COP(=O)([O-])OCC[N+](C)(C)C. The minimum Gasteiger partial charge on any atom is -0.756 e. The molecule has 0 aliphatic rings. The maximum absolute atomic E-state index is 12.9. The van der Waals surface area contributed by atoms with Crippen LogP contribution in [0, 0.1) is 0 Å². The van der Waals surface area contributed by atoms with Crippen LogP contribution in [-0.2, 0) is 32.7 Å². The Balaban J connectivity index is 4.04. The van der Waals surface area contributed by atoms with Crippen LogP contribution in [0.25, 0.3) is 0 Å². The zero-order valence-corrected chi connectivity index (χ0v) is 62.5. The van der Waals surface area contributed by atoms with E-state index < -0.39 is 26.5 Å². The Bertz CT molecular complexity index is 2050. The Kier molecular flexibility index (Phi) is 70.4. The number of quaternary nitrogens is 1. The lowest BCUT2D eigenvalue weighted by Crippen LogP contribution is -2.37. The average Bonchev–Trinajstić information content (AvgIpc) is 1.56. The van der Waals surface area contributed by atoms with Crippen LogP contribution in [0.4, 0.5) is 0 Å². The zero-order chi connectivity index (χ0) is 68.3. The second-order valence-electron chi connectivity index (χ2n) is 27.0. The van der Waals surface area contributed by atoms with Gasteiger partial charge in [0.15, 0.2) is 6.10 Å². The molecule has 0 aliphatic heterocycles. The molecule has 0 aliphatic carbocycles. The maximum atomic E-state index is 12.9. The highest BCUT2D eigenvalue weighted by atomic mass is 31.2. The number of esters is 2. The average molecular weight is 1330 g/mol. The number of unbranched alkanes of at least 4 members (excludes halogenated alkanes) is 35. The van der Waals surface area contributed by atoms with Crippen LogP contribution >= 0.6 is 7.82 Å². The monoisotopic (exact) mass is 1330 g/mol. The van der Waals surface area contributed by atoms with Crippen molar-refractivity contribution in [1.82, 2.24) is 0 Å². The summed E-state index contributed by atoms with van der Waals surface area (Å²) in [7, 11) is 1.15. The topological polar surface area (TPSA) is 111 Å². The van der Waals surface area contributed by atoms with E-state index in [0.29, 0.717) is 17.4 Å². The molecule has 0 aromatic carbocycles. The maximum Gasteiger partial charge on any atom is 0.306 e. The van der Waals surface area contributed by atoms with E-state index in [4.69, 9.17) is 18.5 Å². The van der Waals surface area contributed by atoms with Crippen molar-refractivity contribution in [3.05, 3.63) is 134 Å². The summed E-state index contributed by atoms with van der Waals surface area (Å²) in [6.07, 6.45) is 107. The highest BCUT2D eigenvalue weighted by molar-refractivity contribution is 7.45. The summed E-state index contributed by atoms with van der Waals surface area (Å²) in [5.41, 5.74) is 0. The molecular formula is C84H146NO8P. The summed E-state index contributed by atoms with van der Waals surface area (Å²) in [5, 5.41) is 0. The minimum atomic E-state index is -4.66. The van der Waals surface area contributed by atoms with Crippen molar-refractivity contribution in [3.8, 4) is 0 Å². The fourth-order valence-corrected chi connectivity index (χ4v) is 11.5. The molecule has 0 fully saturated rings. The van der Waals surface area contributed by atoms with E-state index in [1.807, 2.05) is 21.1 Å². The van der Waals surface area contributed by atoms with E-state index in [0.717, 1.165) is 116 Å². The van der Waals surface area contributed by atoms with E-state index in [1.165, 1.54) is 186 Å². The summed E-state index contributed by atoms with van der Waals surface area (Å²) in [4.78, 5) is 38.1. The summed E-state index contributed by atoms with van der Waals surface area (Å²) >= 11 is 0. The first-order valence-corrected chi connectivity index (χ1v) is 40.4. The molecule has 2 unspecified atom stereocenters. The van der Waals surface area contributed by atoms with Crippen molar-refractivity contribution < 1.29 is 42.1 Å². The lowest BCUT2D eigenvalue weighted by molar-refractivity contribution is -0.870. The van der Waals surface area contributed by atoms with Gasteiger partial charge in [0.25, 0.3) is 7.82 Å². The number of carbonyl (C=O) groups excluding carboxylic acids is 2. The smallest absolute Gasteiger partial charge is 0.306 e. The van der Waals surface area contributed by atoms with Crippen LogP contribution in [0.15, 0.2) is 134 Å². The Morgan fingerprint density at radius 1 is 0.340 bits per heavy atom. The first-order chi connectivity index (χ1) is 46.0. The molecule has 0 radical (unpaired) electrons. The largest absolute Gasteiger partial charge is 0.756 e. The predicted octanol–water partition coefficient (Wildman–Crippen LogP) is 25.3. The Hall–Kier alpha value is -3.85. The van der Waals surface area contributed by atoms with E-state index in [9.17, 15) is 19.0 Å².